The van der Waals surface area contributed by atoms with Crippen molar-refractivity contribution in [2.45, 2.75) is 6.92 Å². The van der Waals surface area contributed by atoms with E-state index in [4.69, 9.17) is 0 Å². The van der Waals surface area contributed by atoms with Gasteiger partial charge in [0.05, 0.1) is 10.7 Å². The normalized spacial score (nSPS) is 16.8. The van der Waals surface area contributed by atoms with Gasteiger partial charge in [0.1, 0.15) is 0 Å². The monoisotopic (exact) mass is 292 g/mol. The average molecular weight is 292 g/mol. The molecule has 3 nitrogen and oxygen atoms in total. The third-order valence-corrected chi connectivity index (χ3v) is 5.37. The molecule has 1 saturated heterocycles. The molecule has 1 aromatic heterocycles. The fourth-order valence-electron chi connectivity index (χ4n) is 2.24. The fourth-order valence-corrected chi connectivity index (χ4v) is 3.91. The smallest absolute Gasteiger partial charge is 0.0901 e. The molecule has 1 fully saturated rings. The van der Waals surface area contributed by atoms with Gasteiger partial charge in [-0.1, -0.05) is 12.1 Å². The zero-order chi connectivity index (χ0) is 13.2. The van der Waals surface area contributed by atoms with Gasteiger partial charge in [-0.05, 0) is 19.1 Å². The van der Waals surface area contributed by atoms with Crippen molar-refractivity contribution in [1.29, 1.82) is 0 Å². The van der Waals surface area contributed by atoms with Crippen LogP contribution in [0.1, 0.15) is 5.01 Å². The molecule has 0 amide bonds. The Labute approximate surface area is 119 Å². The van der Waals surface area contributed by atoms with Crippen LogP contribution >= 0.6 is 11.3 Å². The number of benzene rings is 1. The van der Waals surface area contributed by atoms with Gasteiger partial charge in [0, 0.05) is 52.0 Å². The topological polar surface area (TPSA) is 33.2 Å². The molecule has 2 heterocycles. The average Bonchev–Trinajstić information content (AvgIpc) is 2.87. The van der Waals surface area contributed by atoms with Gasteiger partial charge < -0.3 is 4.90 Å². The van der Waals surface area contributed by atoms with Crippen LogP contribution in [0.2, 0.25) is 0 Å². The molecule has 5 heteroatoms. The Morgan fingerprint density at radius 3 is 2.47 bits per heavy atom. The van der Waals surface area contributed by atoms with Crippen molar-refractivity contribution >= 4 is 27.8 Å². The Balaban J connectivity index is 1.77. The molecule has 0 spiro atoms. The summed E-state index contributed by atoms with van der Waals surface area (Å²) in [6.07, 6.45) is 0. The fraction of sp³-hybridized carbons (Fsp3) is 0.357. The van der Waals surface area contributed by atoms with Crippen molar-refractivity contribution in [3.8, 4) is 11.3 Å². The summed E-state index contributed by atoms with van der Waals surface area (Å²) in [5, 5.41) is 3.19. The molecule has 0 atom stereocenters. The Kier molecular flexibility index (Phi) is 3.66. The predicted octanol–water partition coefficient (Wildman–Crippen LogP) is 2.69. The Bertz CT molecular complexity index is 582. The molecular formula is C14H16N2OS2. The molecule has 19 heavy (non-hydrogen) atoms. The third kappa shape index (κ3) is 2.87. The van der Waals surface area contributed by atoms with Gasteiger partial charge in [0.2, 0.25) is 0 Å². The summed E-state index contributed by atoms with van der Waals surface area (Å²) >= 11 is 1.68. The van der Waals surface area contributed by atoms with E-state index in [1.165, 1.54) is 5.69 Å². The second kappa shape index (κ2) is 5.43. The van der Waals surface area contributed by atoms with Crippen molar-refractivity contribution in [2.75, 3.05) is 29.5 Å². The molecule has 0 saturated carbocycles. The molecule has 1 aromatic carbocycles. The number of aryl methyl sites for hydroxylation is 1. The van der Waals surface area contributed by atoms with Crippen LogP contribution in [-0.4, -0.2) is 33.8 Å². The Morgan fingerprint density at radius 1 is 1.21 bits per heavy atom. The standard InChI is InChI=1S/C14H16N2OS2/c1-11-15-14(10-18-11)12-2-4-13(5-3-12)16-6-8-19(17)9-7-16/h2-5,10H,6-9H2,1H3. The van der Waals surface area contributed by atoms with Gasteiger partial charge >= 0.3 is 0 Å². The highest BCUT2D eigenvalue weighted by Crippen LogP contribution is 2.25. The van der Waals surface area contributed by atoms with E-state index in [1.807, 2.05) is 6.92 Å². The predicted molar refractivity (Wildman–Crippen MR) is 82.4 cm³/mol. The Hall–Kier alpha value is -1.20. The molecule has 0 bridgehead atoms. The highest BCUT2D eigenvalue weighted by molar-refractivity contribution is 7.85. The summed E-state index contributed by atoms with van der Waals surface area (Å²) in [5.41, 5.74) is 3.43. The van der Waals surface area contributed by atoms with Crippen LogP contribution in [0.15, 0.2) is 29.6 Å². The van der Waals surface area contributed by atoms with Crippen molar-refractivity contribution in [1.82, 2.24) is 4.98 Å². The molecule has 0 unspecified atom stereocenters. The molecule has 1 aliphatic heterocycles. The molecule has 2 aromatic rings. The highest BCUT2D eigenvalue weighted by Gasteiger charge is 2.15. The van der Waals surface area contributed by atoms with Gasteiger partial charge in [0.15, 0.2) is 0 Å². The van der Waals surface area contributed by atoms with E-state index in [-0.39, 0.29) is 0 Å². The van der Waals surface area contributed by atoms with Gasteiger partial charge in [-0.2, -0.15) is 0 Å². The van der Waals surface area contributed by atoms with Crippen LogP contribution in [0.4, 0.5) is 5.69 Å². The first kappa shape index (κ1) is 12.8. The summed E-state index contributed by atoms with van der Waals surface area (Å²) in [5.74, 6) is 1.57. The van der Waals surface area contributed by atoms with Gasteiger partial charge in [-0.15, -0.1) is 11.3 Å². The van der Waals surface area contributed by atoms with Crippen LogP contribution in [-0.2, 0) is 10.8 Å². The Morgan fingerprint density at radius 2 is 1.89 bits per heavy atom. The van der Waals surface area contributed by atoms with Crippen molar-refractivity contribution in [2.24, 2.45) is 0 Å². The molecular weight excluding hydrogens is 276 g/mol. The second-order valence-electron chi connectivity index (χ2n) is 4.63. The van der Waals surface area contributed by atoms with Crippen molar-refractivity contribution < 1.29 is 4.21 Å². The van der Waals surface area contributed by atoms with Crippen LogP contribution < -0.4 is 4.90 Å². The van der Waals surface area contributed by atoms with Crippen LogP contribution in [0, 0.1) is 6.92 Å². The van der Waals surface area contributed by atoms with E-state index in [0.29, 0.717) is 0 Å². The lowest BCUT2D eigenvalue weighted by atomic mass is 10.1. The summed E-state index contributed by atoms with van der Waals surface area (Å²) < 4.78 is 11.4. The van der Waals surface area contributed by atoms with Crippen LogP contribution in [0.3, 0.4) is 0 Å². The van der Waals surface area contributed by atoms with E-state index in [1.54, 1.807) is 11.3 Å². The van der Waals surface area contributed by atoms with Crippen molar-refractivity contribution in [3.63, 3.8) is 0 Å². The largest absolute Gasteiger partial charge is 0.370 e. The molecule has 0 aliphatic carbocycles. The lowest BCUT2D eigenvalue weighted by molar-refractivity contribution is 0.673. The van der Waals surface area contributed by atoms with E-state index in [2.05, 4.69) is 39.5 Å². The van der Waals surface area contributed by atoms with E-state index in [9.17, 15) is 4.21 Å². The first-order chi connectivity index (χ1) is 9.22. The quantitative estimate of drug-likeness (QED) is 0.853. The van der Waals surface area contributed by atoms with E-state index in [0.717, 1.165) is 40.9 Å². The minimum atomic E-state index is -0.616. The molecule has 0 radical (unpaired) electrons. The van der Waals surface area contributed by atoms with E-state index < -0.39 is 10.8 Å². The SMILES string of the molecule is Cc1nc(-c2ccc(N3CCS(=O)CC3)cc2)cs1. The summed E-state index contributed by atoms with van der Waals surface area (Å²) in [4.78, 5) is 6.80. The van der Waals surface area contributed by atoms with E-state index >= 15 is 0 Å². The lowest BCUT2D eigenvalue weighted by Gasteiger charge is -2.28. The lowest BCUT2D eigenvalue weighted by Crippen LogP contribution is -2.37. The minimum Gasteiger partial charge on any atom is -0.370 e. The first-order valence-corrected chi connectivity index (χ1v) is 8.71. The maximum atomic E-state index is 11.4. The van der Waals surface area contributed by atoms with Gasteiger partial charge in [-0.3, -0.25) is 4.21 Å². The molecule has 3 rings (SSSR count). The van der Waals surface area contributed by atoms with Crippen LogP contribution in [0.25, 0.3) is 11.3 Å². The molecule has 1 aliphatic rings. The zero-order valence-electron chi connectivity index (χ0n) is 10.8. The summed E-state index contributed by atoms with van der Waals surface area (Å²) in [7, 11) is -0.616. The first-order valence-electron chi connectivity index (χ1n) is 6.35. The molecule has 100 valence electrons. The number of nitrogens with zero attached hydrogens (tertiary/aromatic N) is 2. The van der Waals surface area contributed by atoms with Gasteiger partial charge in [0.25, 0.3) is 0 Å². The summed E-state index contributed by atoms with van der Waals surface area (Å²) in [6.45, 7) is 3.81. The third-order valence-electron chi connectivity index (χ3n) is 3.32. The van der Waals surface area contributed by atoms with Gasteiger partial charge in [-0.25, -0.2) is 4.98 Å². The maximum Gasteiger partial charge on any atom is 0.0901 e. The number of aromatic nitrogens is 1. The number of anilines is 1. The number of hydrogen-bond acceptors (Lipinski definition) is 4. The van der Waals surface area contributed by atoms with Crippen LogP contribution in [0.5, 0.6) is 0 Å². The second-order valence-corrected chi connectivity index (χ2v) is 7.39. The summed E-state index contributed by atoms with van der Waals surface area (Å²) in [6, 6.07) is 8.52. The van der Waals surface area contributed by atoms with Crippen molar-refractivity contribution in [3.05, 3.63) is 34.7 Å². The maximum absolute atomic E-state index is 11.4. The minimum absolute atomic E-state index is 0.616. The number of thiazole rings is 1. The number of hydrogen-bond donors (Lipinski definition) is 0. The highest BCUT2D eigenvalue weighted by atomic mass is 32.2. The molecule has 0 N–H and O–H groups in total. The zero-order valence-corrected chi connectivity index (χ0v) is 12.5. The number of rotatable bonds is 2.